The van der Waals surface area contributed by atoms with E-state index in [4.69, 9.17) is 10.4 Å². The first-order valence-corrected chi connectivity index (χ1v) is 7.10. The summed E-state index contributed by atoms with van der Waals surface area (Å²) in [6.07, 6.45) is 4.34. The lowest BCUT2D eigenvalue weighted by Gasteiger charge is -2.16. The molecule has 0 saturated heterocycles. The number of carbonyl (C=O) groups is 2. The van der Waals surface area contributed by atoms with Crippen molar-refractivity contribution in [3.8, 4) is 6.07 Å². The van der Waals surface area contributed by atoms with Gasteiger partial charge in [-0.25, -0.2) is 0 Å². The van der Waals surface area contributed by atoms with Gasteiger partial charge in [0.05, 0.1) is 19.2 Å². The Bertz CT molecular complexity index is 734. The number of benzene rings is 1. The first-order valence-electron chi connectivity index (χ1n) is 7.10. The molecule has 2 amide bonds. The largest absolute Gasteiger partial charge is 0.395 e. The average molecular weight is 311 g/mol. The first kappa shape index (κ1) is 16.5. The van der Waals surface area contributed by atoms with Crippen molar-refractivity contribution in [2.24, 2.45) is 0 Å². The molecule has 2 N–H and O–H groups in total. The molecule has 0 unspecified atom stereocenters. The molecule has 0 fully saturated rings. The standard InChI is InChI=1S/C17H17N3O3/c1-11-8-13(4-3-5-18)9-12(2)16(11)19-14-10-15(22)20(6-7-21)17(14)23/h3-4,8-10,19,21H,6-7H2,1-2H3. The first-order chi connectivity index (χ1) is 11.0. The van der Waals surface area contributed by atoms with Gasteiger partial charge in [0, 0.05) is 17.8 Å². The third kappa shape index (κ3) is 3.47. The molecule has 1 aliphatic heterocycles. The molecule has 2 rings (SSSR count). The van der Waals surface area contributed by atoms with Gasteiger partial charge in [-0.15, -0.1) is 0 Å². The number of allylic oxidation sites excluding steroid dienone is 1. The van der Waals surface area contributed by atoms with Crippen molar-refractivity contribution in [3.05, 3.63) is 46.7 Å². The molecule has 1 aromatic rings. The third-order valence-electron chi connectivity index (χ3n) is 3.50. The number of amides is 2. The molecule has 23 heavy (non-hydrogen) atoms. The fourth-order valence-electron chi connectivity index (χ4n) is 2.47. The van der Waals surface area contributed by atoms with Gasteiger partial charge >= 0.3 is 0 Å². The molecule has 0 atom stereocenters. The van der Waals surface area contributed by atoms with Crippen molar-refractivity contribution in [2.75, 3.05) is 18.5 Å². The van der Waals surface area contributed by atoms with Crippen molar-refractivity contribution in [3.63, 3.8) is 0 Å². The SMILES string of the molecule is Cc1cc(C=CC#N)cc(C)c1NC1=CC(=O)N(CCO)C1=O. The molecule has 0 bridgehead atoms. The van der Waals surface area contributed by atoms with Crippen LogP contribution < -0.4 is 5.32 Å². The number of aliphatic hydroxyl groups is 1. The minimum Gasteiger partial charge on any atom is -0.395 e. The van der Waals surface area contributed by atoms with E-state index in [2.05, 4.69) is 5.32 Å². The summed E-state index contributed by atoms with van der Waals surface area (Å²) in [5.41, 5.74) is 3.61. The number of aryl methyl sites for hydroxylation is 2. The molecule has 0 aromatic heterocycles. The number of imide groups is 1. The predicted octanol–water partition coefficient (Wildman–Crippen LogP) is 1.50. The molecular formula is C17H17N3O3. The zero-order valence-electron chi connectivity index (χ0n) is 13.0. The number of nitrogens with zero attached hydrogens (tertiary/aromatic N) is 2. The third-order valence-corrected chi connectivity index (χ3v) is 3.50. The Kier molecular flexibility index (Phi) is 4.94. The van der Waals surface area contributed by atoms with Gasteiger partial charge in [-0.2, -0.15) is 5.26 Å². The van der Waals surface area contributed by atoms with Crippen molar-refractivity contribution in [1.82, 2.24) is 4.90 Å². The number of hydrogen-bond acceptors (Lipinski definition) is 5. The van der Waals surface area contributed by atoms with Crippen LogP contribution in [-0.4, -0.2) is 35.0 Å². The summed E-state index contributed by atoms with van der Waals surface area (Å²) in [5.74, 6) is -0.883. The highest BCUT2D eigenvalue weighted by Gasteiger charge is 2.30. The van der Waals surface area contributed by atoms with Gasteiger partial charge in [0.1, 0.15) is 5.70 Å². The van der Waals surface area contributed by atoms with E-state index < -0.39 is 11.8 Å². The normalized spacial score (nSPS) is 14.3. The van der Waals surface area contributed by atoms with Crippen LogP contribution in [0.2, 0.25) is 0 Å². The summed E-state index contributed by atoms with van der Waals surface area (Å²) in [4.78, 5) is 24.9. The molecule has 118 valence electrons. The lowest BCUT2D eigenvalue weighted by atomic mass is 10.0. The predicted molar refractivity (Wildman–Crippen MR) is 86.1 cm³/mol. The molecule has 1 aromatic carbocycles. The van der Waals surface area contributed by atoms with E-state index in [1.54, 1.807) is 6.08 Å². The molecular weight excluding hydrogens is 294 g/mol. The topological polar surface area (TPSA) is 93.4 Å². The van der Waals surface area contributed by atoms with E-state index in [0.717, 1.165) is 27.3 Å². The van der Waals surface area contributed by atoms with Gasteiger partial charge in [-0.1, -0.05) is 0 Å². The van der Waals surface area contributed by atoms with Crippen LogP contribution in [0.3, 0.4) is 0 Å². The summed E-state index contributed by atoms with van der Waals surface area (Å²) in [6, 6.07) is 5.71. The number of carbonyl (C=O) groups excluding carboxylic acids is 2. The second-order valence-corrected chi connectivity index (χ2v) is 5.19. The molecule has 0 saturated carbocycles. The lowest BCUT2D eigenvalue weighted by Crippen LogP contribution is -2.34. The van der Waals surface area contributed by atoms with Crippen LogP contribution in [0, 0.1) is 25.2 Å². The fraction of sp³-hybridized carbons (Fsp3) is 0.235. The molecule has 0 radical (unpaired) electrons. The molecule has 0 aliphatic carbocycles. The van der Waals surface area contributed by atoms with E-state index in [-0.39, 0.29) is 18.8 Å². The Morgan fingerprint density at radius 3 is 2.52 bits per heavy atom. The smallest absolute Gasteiger partial charge is 0.277 e. The van der Waals surface area contributed by atoms with E-state index in [9.17, 15) is 9.59 Å². The Balaban J connectivity index is 2.26. The number of aliphatic hydroxyl groups excluding tert-OH is 1. The number of anilines is 1. The maximum atomic E-state index is 12.2. The van der Waals surface area contributed by atoms with Crippen LogP contribution >= 0.6 is 0 Å². The van der Waals surface area contributed by atoms with Gasteiger partial charge in [0.15, 0.2) is 0 Å². The van der Waals surface area contributed by atoms with Crippen molar-refractivity contribution in [2.45, 2.75) is 13.8 Å². The maximum absolute atomic E-state index is 12.2. The minimum atomic E-state index is -0.448. The molecule has 1 heterocycles. The van der Waals surface area contributed by atoms with Crippen LogP contribution in [0.15, 0.2) is 30.0 Å². The van der Waals surface area contributed by atoms with Gasteiger partial charge in [-0.3, -0.25) is 14.5 Å². The zero-order chi connectivity index (χ0) is 17.0. The van der Waals surface area contributed by atoms with Gasteiger partial charge < -0.3 is 10.4 Å². The Morgan fingerprint density at radius 1 is 1.30 bits per heavy atom. The number of rotatable bonds is 5. The van der Waals surface area contributed by atoms with E-state index in [1.165, 1.54) is 12.2 Å². The molecule has 1 aliphatic rings. The summed E-state index contributed by atoms with van der Waals surface area (Å²) < 4.78 is 0. The van der Waals surface area contributed by atoms with Crippen LogP contribution in [0.25, 0.3) is 6.08 Å². The monoisotopic (exact) mass is 311 g/mol. The summed E-state index contributed by atoms with van der Waals surface area (Å²) >= 11 is 0. The molecule has 6 heteroatoms. The van der Waals surface area contributed by atoms with Crippen molar-refractivity contribution in [1.29, 1.82) is 5.26 Å². The highest BCUT2D eigenvalue weighted by atomic mass is 16.3. The summed E-state index contributed by atoms with van der Waals surface area (Å²) in [7, 11) is 0. The number of hydrogen-bond donors (Lipinski definition) is 2. The number of nitrogens with one attached hydrogen (secondary N) is 1. The second-order valence-electron chi connectivity index (χ2n) is 5.19. The highest BCUT2D eigenvalue weighted by molar-refractivity contribution is 6.17. The minimum absolute atomic E-state index is 0.0186. The van der Waals surface area contributed by atoms with Crippen LogP contribution in [0.1, 0.15) is 16.7 Å². The molecule has 0 spiro atoms. The Labute approximate surface area is 134 Å². The van der Waals surface area contributed by atoms with Gasteiger partial charge in [-0.05, 0) is 48.7 Å². The van der Waals surface area contributed by atoms with Gasteiger partial charge in [0.25, 0.3) is 11.8 Å². The quantitative estimate of drug-likeness (QED) is 0.635. The van der Waals surface area contributed by atoms with Crippen molar-refractivity contribution < 1.29 is 14.7 Å². The number of nitriles is 1. The molecule has 6 nitrogen and oxygen atoms in total. The average Bonchev–Trinajstić information content (AvgIpc) is 2.76. The van der Waals surface area contributed by atoms with Crippen LogP contribution in [-0.2, 0) is 9.59 Å². The van der Waals surface area contributed by atoms with E-state index in [0.29, 0.717) is 0 Å². The van der Waals surface area contributed by atoms with Gasteiger partial charge in [0.2, 0.25) is 0 Å². The lowest BCUT2D eigenvalue weighted by molar-refractivity contribution is -0.137. The maximum Gasteiger partial charge on any atom is 0.277 e. The number of β-amino-alcohol motifs (C(OH)–C–C–N with tert-alkyl or cyclic N) is 1. The summed E-state index contributed by atoms with van der Waals surface area (Å²) in [6.45, 7) is 3.48. The van der Waals surface area contributed by atoms with E-state index >= 15 is 0 Å². The Hall–Kier alpha value is -2.91. The van der Waals surface area contributed by atoms with Crippen LogP contribution in [0.5, 0.6) is 0 Å². The Morgan fingerprint density at radius 2 is 1.96 bits per heavy atom. The second kappa shape index (κ2) is 6.90. The van der Waals surface area contributed by atoms with Crippen molar-refractivity contribution >= 4 is 23.6 Å². The van der Waals surface area contributed by atoms with Crippen LogP contribution in [0.4, 0.5) is 5.69 Å². The zero-order valence-corrected chi connectivity index (χ0v) is 13.0. The fourth-order valence-corrected chi connectivity index (χ4v) is 2.47. The van der Waals surface area contributed by atoms with E-state index in [1.807, 2.05) is 32.0 Å². The highest BCUT2D eigenvalue weighted by Crippen LogP contribution is 2.26. The summed E-state index contributed by atoms with van der Waals surface area (Å²) in [5, 5.41) is 20.5.